The van der Waals surface area contributed by atoms with E-state index in [2.05, 4.69) is 43.5 Å². The van der Waals surface area contributed by atoms with Gasteiger partial charge in [-0.2, -0.15) is 0 Å². The van der Waals surface area contributed by atoms with E-state index >= 15 is 0 Å². The van der Waals surface area contributed by atoms with E-state index in [1.807, 2.05) is 0 Å². The fourth-order valence-electron chi connectivity index (χ4n) is 9.51. The molecule has 0 aliphatic carbocycles. The maximum absolute atomic E-state index is 12.5. The molecule has 402 valence electrons. The van der Waals surface area contributed by atoms with Crippen molar-refractivity contribution in [2.24, 2.45) is 0 Å². The first-order chi connectivity index (χ1) is 33.5. The van der Waals surface area contributed by atoms with Crippen LogP contribution in [0.25, 0.3) is 0 Å². The van der Waals surface area contributed by atoms with Crippen LogP contribution in [0.3, 0.4) is 0 Å². The van der Waals surface area contributed by atoms with E-state index in [-0.39, 0.29) is 18.5 Å². The number of amides is 1. The monoisotopic (exact) mass is 958 g/mol. The zero-order valence-corrected chi connectivity index (χ0v) is 45.9. The van der Waals surface area contributed by atoms with Gasteiger partial charge in [-0.05, 0) is 77.0 Å². The second-order valence-electron chi connectivity index (χ2n) is 21.0. The maximum atomic E-state index is 12.5. The Morgan fingerprint density at radius 1 is 0.397 bits per heavy atom. The Hall–Kier alpha value is -1.66. The summed E-state index contributed by atoms with van der Waals surface area (Å²) in [7, 11) is 0. The second kappa shape index (κ2) is 57.9. The molecule has 0 fully saturated rings. The first-order valence-corrected chi connectivity index (χ1v) is 30.6. The average Bonchev–Trinajstić information content (AvgIpc) is 3.34. The highest BCUT2D eigenvalue weighted by Crippen LogP contribution is 2.17. The largest absolute Gasteiger partial charge is 0.466 e. The number of rotatable bonds is 57. The molecule has 6 heteroatoms. The number of nitrogens with one attached hydrogen (secondary N) is 1. The maximum Gasteiger partial charge on any atom is 0.305 e. The van der Waals surface area contributed by atoms with Crippen LogP contribution in [0.1, 0.15) is 335 Å². The predicted octanol–water partition coefficient (Wildman–Crippen LogP) is 19.0. The van der Waals surface area contributed by atoms with Crippen molar-refractivity contribution in [3.05, 3.63) is 24.3 Å². The van der Waals surface area contributed by atoms with Crippen LogP contribution in [0.5, 0.6) is 0 Å². The van der Waals surface area contributed by atoms with Gasteiger partial charge >= 0.3 is 5.97 Å². The molecule has 1 amide bonds. The molecule has 0 heterocycles. The number of hydrogen-bond donors (Lipinski definition) is 3. The standard InChI is InChI=1S/C62H119NO5/c1-3-5-7-9-11-13-15-17-19-20-21-22-23-24-27-30-34-38-42-46-50-54-60(65)59(58-64)63-61(66)55-51-47-43-39-35-31-28-25-29-33-37-41-45-49-53-57-68-62(67)56-52-48-44-40-36-32-26-18-16-14-12-10-8-6-4-2/h18,26,29,33,59-60,64-65H,3-17,19-25,27-28,30-32,34-58H2,1-2H3,(H,63,66)/b26-18-,33-29-. The van der Waals surface area contributed by atoms with Gasteiger partial charge in [-0.3, -0.25) is 9.59 Å². The lowest BCUT2D eigenvalue weighted by molar-refractivity contribution is -0.143. The number of aliphatic hydroxyl groups excluding tert-OH is 2. The summed E-state index contributed by atoms with van der Waals surface area (Å²) in [5.41, 5.74) is 0. The summed E-state index contributed by atoms with van der Waals surface area (Å²) < 4.78 is 5.46. The topological polar surface area (TPSA) is 95.9 Å². The lowest BCUT2D eigenvalue weighted by atomic mass is 10.0. The third-order valence-corrected chi connectivity index (χ3v) is 14.2. The van der Waals surface area contributed by atoms with E-state index in [1.54, 1.807) is 0 Å². The van der Waals surface area contributed by atoms with Crippen LogP contribution >= 0.6 is 0 Å². The van der Waals surface area contributed by atoms with Crippen LogP contribution in [-0.4, -0.2) is 47.4 Å². The number of ether oxygens (including phenoxy) is 1. The van der Waals surface area contributed by atoms with Gasteiger partial charge in [0.1, 0.15) is 0 Å². The summed E-state index contributed by atoms with van der Waals surface area (Å²) in [4.78, 5) is 24.6. The van der Waals surface area contributed by atoms with E-state index in [0.717, 1.165) is 70.6 Å². The number of allylic oxidation sites excluding steroid dienone is 4. The third kappa shape index (κ3) is 53.7. The van der Waals surface area contributed by atoms with Gasteiger partial charge in [0.15, 0.2) is 0 Å². The number of carbonyl (C=O) groups excluding carboxylic acids is 2. The van der Waals surface area contributed by atoms with E-state index < -0.39 is 12.1 Å². The fraction of sp³-hybridized carbons (Fsp3) is 0.903. The lowest BCUT2D eigenvalue weighted by Crippen LogP contribution is -2.45. The fourth-order valence-corrected chi connectivity index (χ4v) is 9.51. The molecule has 0 aliphatic heterocycles. The summed E-state index contributed by atoms with van der Waals surface area (Å²) in [5, 5.41) is 23.3. The summed E-state index contributed by atoms with van der Waals surface area (Å²) in [6, 6.07) is -0.554. The van der Waals surface area contributed by atoms with E-state index in [9.17, 15) is 19.8 Å². The summed E-state index contributed by atoms with van der Waals surface area (Å²) >= 11 is 0. The van der Waals surface area contributed by atoms with Gasteiger partial charge in [0.05, 0.1) is 25.4 Å². The number of aliphatic hydroxyl groups is 2. The zero-order chi connectivity index (χ0) is 49.3. The summed E-state index contributed by atoms with van der Waals surface area (Å²) in [6.45, 7) is 4.93. The zero-order valence-electron chi connectivity index (χ0n) is 45.9. The summed E-state index contributed by atoms with van der Waals surface area (Å²) in [5.74, 6) is -0.0647. The quantitative estimate of drug-likeness (QED) is 0.0321. The van der Waals surface area contributed by atoms with Crippen molar-refractivity contribution in [1.82, 2.24) is 5.32 Å². The van der Waals surface area contributed by atoms with Crippen molar-refractivity contribution >= 4 is 11.9 Å². The van der Waals surface area contributed by atoms with E-state index in [0.29, 0.717) is 25.9 Å². The molecule has 0 aromatic heterocycles. The van der Waals surface area contributed by atoms with Crippen LogP contribution in [0.15, 0.2) is 24.3 Å². The van der Waals surface area contributed by atoms with Crippen molar-refractivity contribution in [2.75, 3.05) is 13.2 Å². The smallest absolute Gasteiger partial charge is 0.305 e. The Balaban J connectivity index is 3.47. The number of hydrogen-bond acceptors (Lipinski definition) is 5. The normalized spacial score (nSPS) is 12.7. The minimum Gasteiger partial charge on any atom is -0.466 e. The van der Waals surface area contributed by atoms with Crippen molar-refractivity contribution in [2.45, 2.75) is 347 Å². The summed E-state index contributed by atoms with van der Waals surface area (Å²) in [6.07, 6.45) is 70.3. The number of carbonyl (C=O) groups is 2. The SMILES string of the molecule is CCCCCCCC/C=C\CCCCCCCC(=O)OCCCCCC/C=C\CCCCCCCCCC(=O)NC(CO)C(O)CCCCCCCCCCCCCCCCCCCCCCC. The second-order valence-corrected chi connectivity index (χ2v) is 21.0. The van der Waals surface area contributed by atoms with Gasteiger partial charge in [0.2, 0.25) is 5.91 Å². The van der Waals surface area contributed by atoms with Crippen molar-refractivity contribution in [1.29, 1.82) is 0 Å². The van der Waals surface area contributed by atoms with Crippen molar-refractivity contribution < 1.29 is 24.5 Å². The Kier molecular flexibility index (Phi) is 56.5. The Bertz CT molecular complexity index is 1060. The molecular formula is C62H119NO5. The minimum absolute atomic E-state index is 0.0173. The molecule has 0 bridgehead atoms. The minimum atomic E-state index is -0.675. The average molecular weight is 959 g/mol. The molecule has 6 nitrogen and oxygen atoms in total. The van der Waals surface area contributed by atoms with Gasteiger partial charge in [-0.25, -0.2) is 0 Å². The Labute approximate surface area is 424 Å². The first kappa shape index (κ1) is 66.3. The highest BCUT2D eigenvalue weighted by molar-refractivity contribution is 5.76. The van der Waals surface area contributed by atoms with Crippen molar-refractivity contribution in [3.63, 3.8) is 0 Å². The Morgan fingerprint density at radius 2 is 0.691 bits per heavy atom. The third-order valence-electron chi connectivity index (χ3n) is 14.2. The van der Waals surface area contributed by atoms with Crippen LogP contribution in [0.4, 0.5) is 0 Å². The van der Waals surface area contributed by atoms with E-state index in [4.69, 9.17) is 4.74 Å². The van der Waals surface area contributed by atoms with Gasteiger partial charge in [-0.15, -0.1) is 0 Å². The molecule has 0 aromatic carbocycles. The first-order valence-electron chi connectivity index (χ1n) is 30.6. The molecule has 0 saturated carbocycles. The van der Waals surface area contributed by atoms with Crippen LogP contribution in [-0.2, 0) is 14.3 Å². The number of unbranched alkanes of at least 4 members (excludes halogenated alkanes) is 42. The molecular weight excluding hydrogens is 839 g/mol. The van der Waals surface area contributed by atoms with Gasteiger partial charge in [0.25, 0.3) is 0 Å². The molecule has 0 aromatic rings. The van der Waals surface area contributed by atoms with Crippen molar-refractivity contribution in [3.8, 4) is 0 Å². The van der Waals surface area contributed by atoms with Gasteiger partial charge in [-0.1, -0.05) is 269 Å². The molecule has 3 N–H and O–H groups in total. The van der Waals surface area contributed by atoms with E-state index in [1.165, 1.54) is 231 Å². The molecule has 2 atom stereocenters. The highest BCUT2D eigenvalue weighted by atomic mass is 16.5. The van der Waals surface area contributed by atoms with Crippen LogP contribution < -0.4 is 5.32 Å². The molecule has 0 aliphatic rings. The van der Waals surface area contributed by atoms with Crippen LogP contribution in [0, 0.1) is 0 Å². The highest BCUT2D eigenvalue weighted by Gasteiger charge is 2.20. The molecule has 0 rings (SSSR count). The lowest BCUT2D eigenvalue weighted by Gasteiger charge is -2.22. The predicted molar refractivity (Wildman–Crippen MR) is 296 cm³/mol. The molecule has 0 spiro atoms. The molecule has 0 saturated heterocycles. The van der Waals surface area contributed by atoms with Crippen LogP contribution in [0.2, 0.25) is 0 Å². The van der Waals surface area contributed by atoms with Gasteiger partial charge < -0.3 is 20.3 Å². The Morgan fingerprint density at radius 3 is 1.04 bits per heavy atom. The van der Waals surface area contributed by atoms with Gasteiger partial charge in [0, 0.05) is 12.8 Å². The number of esters is 1. The molecule has 2 unspecified atom stereocenters. The molecule has 0 radical (unpaired) electrons. The molecule has 68 heavy (non-hydrogen) atoms.